The van der Waals surface area contributed by atoms with Crippen molar-refractivity contribution in [2.75, 3.05) is 23.3 Å². The summed E-state index contributed by atoms with van der Waals surface area (Å²) in [4.78, 5) is 21.2. The summed E-state index contributed by atoms with van der Waals surface area (Å²) >= 11 is 12.2. The molecule has 10 nitrogen and oxygen atoms in total. The Labute approximate surface area is 168 Å². The largest absolute Gasteiger partial charge is 0.366 e. The molecule has 0 bridgehead atoms. The van der Waals surface area contributed by atoms with Gasteiger partial charge >= 0.3 is 5.69 Å². The van der Waals surface area contributed by atoms with Gasteiger partial charge in [0.25, 0.3) is 0 Å². The van der Waals surface area contributed by atoms with E-state index in [0.29, 0.717) is 24.5 Å². The molecular weight excluding hydrogens is 409 g/mol. The molecule has 1 N–H and O–H groups in total. The molecule has 0 unspecified atom stereocenters. The summed E-state index contributed by atoms with van der Waals surface area (Å²) in [5, 5.41) is 22.7. The molecule has 2 aromatic heterocycles. The van der Waals surface area contributed by atoms with Crippen LogP contribution in [0.3, 0.4) is 0 Å². The summed E-state index contributed by atoms with van der Waals surface area (Å²) in [6, 6.07) is 1.65. The summed E-state index contributed by atoms with van der Waals surface area (Å²) in [6.07, 6.45) is 5.34. The number of aromatic nitrogens is 4. The fourth-order valence-corrected chi connectivity index (χ4v) is 3.73. The Morgan fingerprint density at radius 2 is 1.71 bits per heavy atom. The van der Waals surface area contributed by atoms with Gasteiger partial charge in [-0.15, -0.1) is 0 Å². The lowest BCUT2D eigenvalue weighted by Crippen LogP contribution is -2.25. The number of hydrogen-bond donors (Lipinski definition) is 1. The lowest BCUT2D eigenvalue weighted by atomic mass is 10.1. The highest BCUT2D eigenvalue weighted by Gasteiger charge is 2.29. The van der Waals surface area contributed by atoms with Gasteiger partial charge in [0.2, 0.25) is 5.52 Å². The number of anilines is 3. The van der Waals surface area contributed by atoms with Gasteiger partial charge < -0.3 is 10.2 Å². The molecule has 12 heteroatoms. The van der Waals surface area contributed by atoms with Crippen LogP contribution in [0.1, 0.15) is 25.7 Å². The molecule has 4 rings (SSSR count). The first-order chi connectivity index (χ1) is 13.6. The molecule has 0 saturated carbocycles. The fraction of sp³-hybridized carbons (Fsp3) is 0.375. The van der Waals surface area contributed by atoms with Gasteiger partial charge in [-0.05, 0) is 29.2 Å². The van der Waals surface area contributed by atoms with E-state index >= 15 is 0 Å². The Kier molecular flexibility index (Phi) is 5.14. The Balaban J connectivity index is 1.88. The maximum absolute atomic E-state index is 11.8. The quantitative estimate of drug-likeness (QED) is 0.370. The maximum Gasteiger partial charge on any atom is 0.323 e. The van der Waals surface area contributed by atoms with Crippen molar-refractivity contribution in [2.24, 2.45) is 0 Å². The highest BCUT2D eigenvalue weighted by Crippen LogP contribution is 2.41. The zero-order valence-electron chi connectivity index (χ0n) is 14.6. The minimum absolute atomic E-state index is 0.0540. The van der Waals surface area contributed by atoms with E-state index in [2.05, 4.69) is 25.6 Å². The Morgan fingerprint density at radius 1 is 1.07 bits per heavy atom. The molecule has 1 aliphatic heterocycles. The molecule has 0 atom stereocenters. The molecule has 0 aliphatic carbocycles. The van der Waals surface area contributed by atoms with E-state index in [9.17, 15) is 10.1 Å². The second-order valence-corrected chi connectivity index (χ2v) is 7.08. The van der Waals surface area contributed by atoms with E-state index in [1.54, 1.807) is 6.07 Å². The molecule has 1 aliphatic rings. The number of nitrogens with zero attached hydrogens (tertiary/aromatic N) is 6. The van der Waals surface area contributed by atoms with Crippen LogP contribution in [0.25, 0.3) is 11.0 Å². The number of rotatable bonds is 4. The van der Waals surface area contributed by atoms with Gasteiger partial charge in [0.15, 0.2) is 15.8 Å². The lowest BCUT2D eigenvalue weighted by molar-refractivity contribution is -0.382. The topological polar surface area (TPSA) is 123 Å². The monoisotopic (exact) mass is 423 g/mol. The highest BCUT2D eigenvalue weighted by atomic mass is 35.5. The predicted octanol–water partition coefficient (Wildman–Crippen LogP) is 4.35. The first-order valence-corrected chi connectivity index (χ1v) is 9.43. The number of benzene rings is 1. The molecule has 3 heterocycles. The van der Waals surface area contributed by atoms with Crippen molar-refractivity contribution in [3.05, 3.63) is 32.8 Å². The Hall–Kier alpha value is -2.72. The third-order valence-corrected chi connectivity index (χ3v) is 5.21. The van der Waals surface area contributed by atoms with Crippen LogP contribution in [0.5, 0.6) is 0 Å². The smallest absolute Gasteiger partial charge is 0.323 e. The molecule has 0 amide bonds. The number of nitrogens with one attached hydrogen (secondary N) is 1. The van der Waals surface area contributed by atoms with Gasteiger partial charge in [-0.25, -0.2) is 14.6 Å². The predicted molar refractivity (Wildman–Crippen MR) is 104 cm³/mol. The van der Waals surface area contributed by atoms with E-state index < -0.39 is 4.92 Å². The summed E-state index contributed by atoms with van der Waals surface area (Å²) in [6.45, 7) is 1.43. The molecule has 3 aromatic rings. The van der Waals surface area contributed by atoms with E-state index in [-0.39, 0.29) is 32.7 Å². The van der Waals surface area contributed by atoms with Gasteiger partial charge in [0.1, 0.15) is 17.7 Å². The molecule has 1 saturated heterocycles. The standard InChI is InChI=1S/C16H15Cl2N7O3/c17-15-13(16(18)20-8-19-15)21-9-7-10(24-5-3-1-2-4-6-24)14(25(26)27)12-11(9)22-28-23-12/h7-8,21H,1-6H2. The average Bonchev–Trinajstić information content (AvgIpc) is 2.99. The molecular formula is C16H15Cl2N7O3. The third-order valence-electron chi connectivity index (χ3n) is 4.64. The summed E-state index contributed by atoms with van der Waals surface area (Å²) in [5.41, 5.74) is 1.25. The normalized spacial score (nSPS) is 14.9. The number of halogens is 2. The van der Waals surface area contributed by atoms with Crippen molar-refractivity contribution in [3.63, 3.8) is 0 Å². The second-order valence-electron chi connectivity index (χ2n) is 6.37. The van der Waals surface area contributed by atoms with Crippen LogP contribution in [-0.4, -0.2) is 38.3 Å². The number of hydrogen-bond acceptors (Lipinski definition) is 9. The average molecular weight is 424 g/mol. The molecule has 28 heavy (non-hydrogen) atoms. The van der Waals surface area contributed by atoms with Crippen molar-refractivity contribution in [2.45, 2.75) is 25.7 Å². The number of nitro groups is 1. The van der Waals surface area contributed by atoms with E-state index in [1.165, 1.54) is 6.33 Å². The SMILES string of the molecule is O=[N+]([O-])c1c(N2CCCCCC2)cc(Nc2c(Cl)ncnc2Cl)c2nonc12. The van der Waals surface area contributed by atoms with Crippen molar-refractivity contribution in [3.8, 4) is 0 Å². The van der Waals surface area contributed by atoms with Crippen LogP contribution in [0, 0.1) is 10.1 Å². The summed E-state index contributed by atoms with van der Waals surface area (Å²) in [5.74, 6) is 0. The van der Waals surface area contributed by atoms with Crippen LogP contribution >= 0.6 is 23.2 Å². The van der Waals surface area contributed by atoms with E-state index in [4.69, 9.17) is 27.8 Å². The zero-order chi connectivity index (χ0) is 19.7. The molecule has 146 valence electrons. The Bertz CT molecular complexity index is 1010. The number of nitro benzene ring substituents is 1. The highest BCUT2D eigenvalue weighted by molar-refractivity contribution is 6.37. The van der Waals surface area contributed by atoms with Gasteiger partial charge in [-0.1, -0.05) is 36.0 Å². The van der Waals surface area contributed by atoms with Crippen LogP contribution in [0.4, 0.5) is 22.7 Å². The second kappa shape index (κ2) is 7.72. The summed E-state index contributed by atoms with van der Waals surface area (Å²) in [7, 11) is 0. The van der Waals surface area contributed by atoms with Crippen LogP contribution in [0.15, 0.2) is 17.0 Å². The maximum atomic E-state index is 11.8. The first kappa shape index (κ1) is 18.6. The van der Waals surface area contributed by atoms with Gasteiger partial charge in [0.05, 0.1) is 10.6 Å². The van der Waals surface area contributed by atoms with Crippen LogP contribution in [0.2, 0.25) is 10.3 Å². The fourth-order valence-electron chi connectivity index (χ4n) is 3.33. The van der Waals surface area contributed by atoms with E-state index in [1.807, 2.05) is 4.90 Å². The third kappa shape index (κ3) is 3.40. The van der Waals surface area contributed by atoms with Gasteiger partial charge in [0, 0.05) is 13.1 Å². The van der Waals surface area contributed by atoms with Gasteiger partial charge in [-0.2, -0.15) is 0 Å². The van der Waals surface area contributed by atoms with Crippen molar-refractivity contribution in [1.29, 1.82) is 0 Å². The van der Waals surface area contributed by atoms with E-state index in [0.717, 1.165) is 25.7 Å². The minimum atomic E-state index is -0.456. The van der Waals surface area contributed by atoms with Gasteiger partial charge in [-0.3, -0.25) is 10.1 Å². The number of fused-ring (bicyclic) bond motifs is 1. The van der Waals surface area contributed by atoms with Crippen LogP contribution in [-0.2, 0) is 0 Å². The molecule has 1 aromatic carbocycles. The zero-order valence-corrected chi connectivity index (χ0v) is 16.1. The first-order valence-electron chi connectivity index (χ1n) is 8.68. The van der Waals surface area contributed by atoms with Crippen molar-refractivity contribution < 1.29 is 9.55 Å². The molecule has 1 fully saturated rings. The molecule has 0 radical (unpaired) electrons. The summed E-state index contributed by atoms with van der Waals surface area (Å²) < 4.78 is 4.80. The lowest BCUT2D eigenvalue weighted by Gasteiger charge is -2.23. The Morgan fingerprint density at radius 3 is 2.36 bits per heavy atom. The van der Waals surface area contributed by atoms with Crippen molar-refractivity contribution >= 4 is 57.0 Å². The minimum Gasteiger partial charge on any atom is -0.366 e. The molecule has 0 spiro atoms. The van der Waals surface area contributed by atoms with Crippen LogP contribution < -0.4 is 10.2 Å². The van der Waals surface area contributed by atoms with Crippen molar-refractivity contribution in [1.82, 2.24) is 20.3 Å².